The van der Waals surface area contributed by atoms with Crippen LogP contribution in [0.3, 0.4) is 0 Å². The van der Waals surface area contributed by atoms with E-state index in [1.165, 1.54) is 25.7 Å². The van der Waals surface area contributed by atoms with Crippen molar-refractivity contribution in [2.24, 2.45) is 17.3 Å². The lowest BCUT2D eigenvalue weighted by Gasteiger charge is -2.42. The third-order valence-corrected chi connectivity index (χ3v) is 4.83. The maximum atomic E-state index is 6.57. The molecular weight excluding hydrogens is 232 g/mol. The Morgan fingerprint density at radius 2 is 2.00 bits per heavy atom. The minimum Gasteiger partial charge on any atom is -0.382 e. The summed E-state index contributed by atoms with van der Waals surface area (Å²) in [5.41, 5.74) is 0.365. The summed E-state index contributed by atoms with van der Waals surface area (Å²) >= 11 is 6.57. The molecule has 0 aromatic carbocycles. The van der Waals surface area contributed by atoms with Gasteiger partial charge in [-0.15, -0.1) is 11.6 Å². The molecular formula is C15H29ClO. The summed E-state index contributed by atoms with van der Waals surface area (Å²) in [4.78, 5) is 0. The third-order valence-electron chi connectivity index (χ3n) is 4.35. The molecule has 1 fully saturated rings. The highest BCUT2D eigenvalue weighted by Crippen LogP contribution is 2.45. The molecule has 1 saturated carbocycles. The van der Waals surface area contributed by atoms with Crippen molar-refractivity contribution in [2.45, 2.75) is 65.2 Å². The maximum absolute atomic E-state index is 6.57. The molecule has 17 heavy (non-hydrogen) atoms. The molecule has 0 amide bonds. The number of rotatable bonds is 6. The van der Waals surface area contributed by atoms with Crippen LogP contribution < -0.4 is 0 Å². The predicted octanol–water partition coefficient (Wildman–Crippen LogP) is 4.87. The summed E-state index contributed by atoms with van der Waals surface area (Å²) in [5, 5.41) is 0.376. The molecule has 0 saturated heterocycles. The predicted molar refractivity (Wildman–Crippen MR) is 75.7 cm³/mol. The summed E-state index contributed by atoms with van der Waals surface area (Å²) in [6.45, 7) is 10.9. The molecule has 0 aliphatic heterocycles. The van der Waals surface area contributed by atoms with Gasteiger partial charge in [-0.3, -0.25) is 0 Å². The fourth-order valence-corrected chi connectivity index (χ4v) is 3.92. The van der Waals surface area contributed by atoms with Crippen molar-refractivity contribution < 1.29 is 4.74 Å². The Labute approximate surface area is 112 Å². The minimum atomic E-state index is 0.365. The summed E-state index contributed by atoms with van der Waals surface area (Å²) in [7, 11) is 0. The maximum Gasteiger partial charge on any atom is 0.0466 e. The second-order valence-corrected chi connectivity index (χ2v) is 6.89. The SMILES string of the molecule is CCOCCCC(C)(C)C1CCC(C)CC1Cl. The summed E-state index contributed by atoms with van der Waals surface area (Å²) in [6, 6.07) is 0. The first-order valence-electron chi connectivity index (χ1n) is 7.19. The van der Waals surface area contributed by atoms with Crippen LogP contribution in [-0.2, 0) is 4.74 Å². The van der Waals surface area contributed by atoms with E-state index in [4.69, 9.17) is 16.3 Å². The topological polar surface area (TPSA) is 9.23 Å². The van der Waals surface area contributed by atoms with Crippen molar-refractivity contribution in [3.8, 4) is 0 Å². The molecule has 0 aromatic rings. The van der Waals surface area contributed by atoms with Gasteiger partial charge in [0.15, 0.2) is 0 Å². The standard InChI is InChI=1S/C15H29ClO/c1-5-17-10-6-9-15(3,4)13-8-7-12(2)11-14(13)16/h12-14H,5-11H2,1-4H3. The first kappa shape index (κ1) is 15.3. The van der Waals surface area contributed by atoms with Crippen molar-refractivity contribution in [2.75, 3.05) is 13.2 Å². The van der Waals surface area contributed by atoms with Gasteiger partial charge in [-0.1, -0.05) is 27.2 Å². The van der Waals surface area contributed by atoms with Crippen LogP contribution >= 0.6 is 11.6 Å². The molecule has 2 heteroatoms. The molecule has 0 N–H and O–H groups in total. The van der Waals surface area contributed by atoms with Crippen molar-refractivity contribution in [3.05, 3.63) is 0 Å². The highest BCUT2D eigenvalue weighted by atomic mass is 35.5. The highest BCUT2D eigenvalue weighted by molar-refractivity contribution is 6.20. The van der Waals surface area contributed by atoms with E-state index in [0.29, 0.717) is 16.7 Å². The Hall–Kier alpha value is 0.250. The van der Waals surface area contributed by atoms with Gasteiger partial charge in [0, 0.05) is 18.6 Å². The first-order chi connectivity index (χ1) is 7.97. The fourth-order valence-electron chi connectivity index (χ4n) is 3.15. The largest absolute Gasteiger partial charge is 0.382 e. The summed E-state index contributed by atoms with van der Waals surface area (Å²) in [5.74, 6) is 1.50. The Bertz CT molecular complexity index is 215. The van der Waals surface area contributed by atoms with Gasteiger partial charge >= 0.3 is 0 Å². The van der Waals surface area contributed by atoms with Gasteiger partial charge < -0.3 is 4.74 Å². The van der Waals surface area contributed by atoms with E-state index in [-0.39, 0.29) is 0 Å². The molecule has 0 bridgehead atoms. The molecule has 1 nitrogen and oxygen atoms in total. The number of hydrogen-bond donors (Lipinski definition) is 0. The molecule has 1 rings (SSSR count). The van der Waals surface area contributed by atoms with Crippen molar-refractivity contribution in [1.29, 1.82) is 0 Å². The lowest BCUT2D eigenvalue weighted by atomic mass is 9.67. The van der Waals surface area contributed by atoms with Crippen molar-refractivity contribution in [1.82, 2.24) is 0 Å². The van der Waals surface area contributed by atoms with E-state index in [9.17, 15) is 0 Å². The molecule has 1 aliphatic carbocycles. The Kier molecular flexibility index (Phi) is 6.30. The number of hydrogen-bond acceptors (Lipinski definition) is 1. The van der Waals surface area contributed by atoms with E-state index in [2.05, 4.69) is 27.7 Å². The quantitative estimate of drug-likeness (QED) is 0.489. The Balaban J connectivity index is 2.40. The second kappa shape index (κ2) is 6.99. The molecule has 3 unspecified atom stereocenters. The van der Waals surface area contributed by atoms with Gasteiger partial charge in [0.1, 0.15) is 0 Å². The Morgan fingerprint density at radius 3 is 2.59 bits per heavy atom. The Morgan fingerprint density at radius 1 is 1.29 bits per heavy atom. The van der Waals surface area contributed by atoms with Gasteiger partial charge in [-0.2, -0.15) is 0 Å². The molecule has 0 heterocycles. The van der Waals surface area contributed by atoms with Crippen molar-refractivity contribution in [3.63, 3.8) is 0 Å². The third kappa shape index (κ3) is 4.79. The monoisotopic (exact) mass is 260 g/mol. The zero-order valence-electron chi connectivity index (χ0n) is 12.0. The average Bonchev–Trinajstić information content (AvgIpc) is 2.24. The van der Waals surface area contributed by atoms with Crippen LogP contribution in [0.1, 0.15) is 59.8 Å². The molecule has 1 aliphatic rings. The van der Waals surface area contributed by atoms with Crippen LogP contribution in [0.15, 0.2) is 0 Å². The van der Waals surface area contributed by atoms with Gasteiger partial charge in [-0.25, -0.2) is 0 Å². The van der Waals surface area contributed by atoms with Crippen LogP contribution in [0, 0.1) is 17.3 Å². The zero-order valence-corrected chi connectivity index (χ0v) is 12.7. The fraction of sp³-hybridized carbons (Fsp3) is 1.00. The van der Waals surface area contributed by atoms with E-state index < -0.39 is 0 Å². The molecule has 102 valence electrons. The molecule has 0 radical (unpaired) electrons. The van der Waals surface area contributed by atoms with Gasteiger partial charge in [0.25, 0.3) is 0 Å². The lowest BCUT2D eigenvalue weighted by Crippen LogP contribution is -2.36. The molecule has 0 spiro atoms. The number of alkyl halides is 1. The van der Waals surface area contributed by atoms with Gasteiger partial charge in [-0.05, 0) is 49.9 Å². The lowest BCUT2D eigenvalue weighted by molar-refractivity contribution is 0.0977. The van der Waals surface area contributed by atoms with E-state index in [1.807, 2.05) is 0 Å². The van der Waals surface area contributed by atoms with Gasteiger partial charge in [0.05, 0.1) is 0 Å². The first-order valence-corrected chi connectivity index (χ1v) is 7.63. The van der Waals surface area contributed by atoms with Crippen LogP contribution in [0.4, 0.5) is 0 Å². The van der Waals surface area contributed by atoms with Crippen LogP contribution in [0.25, 0.3) is 0 Å². The minimum absolute atomic E-state index is 0.365. The summed E-state index contributed by atoms with van der Waals surface area (Å²) < 4.78 is 5.43. The van der Waals surface area contributed by atoms with Crippen LogP contribution in [-0.4, -0.2) is 18.6 Å². The van der Waals surface area contributed by atoms with E-state index in [0.717, 1.165) is 25.6 Å². The zero-order chi connectivity index (χ0) is 12.9. The van der Waals surface area contributed by atoms with Crippen molar-refractivity contribution >= 4 is 11.6 Å². The molecule has 3 atom stereocenters. The number of halogens is 1. The van der Waals surface area contributed by atoms with Gasteiger partial charge in [0.2, 0.25) is 0 Å². The summed E-state index contributed by atoms with van der Waals surface area (Å²) in [6.07, 6.45) is 6.24. The number of ether oxygens (including phenoxy) is 1. The van der Waals surface area contributed by atoms with E-state index in [1.54, 1.807) is 0 Å². The molecule has 0 aromatic heterocycles. The highest BCUT2D eigenvalue weighted by Gasteiger charge is 2.37. The van der Waals surface area contributed by atoms with Crippen LogP contribution in [0.2, 0.25) is 0 Å². The van der Waals surface area contributed by atoms with Crippen LogP contribution in [0.5, 0.6) is 0 Å². The second-order valence-electron chi connectivity index (χ2n) is 6.33. The van der Waals surface area contributed by atoms with E-state index >= 15 is 0 Å². The smallest absolute Gasteiger partial charge is 0.0466 e. The average molecular weight is 261 g/mol. The normalized spacial score (nSPS) is 30.5.